The van der Waals surface area contributed by atoms with E-state index in [2.05, 4.69) is 25.5 Å². The molecule has 0 saturated heterocycles. The first-order valence-electron chi connectivity index (χ1n) is 7.58. The van der Waals surface area contributed by atoms with Crippen molar-refractivity contribution in [3.63, 3.8) is 0 Å². The van der Waals surface area contributed by atoms with Crippen molar-refractivity contribution in [1.82, 2.24) is 30.1 Å². The maximum atomic E-state index is 12.1. The Morgan fingerprint density at radius 3 is 3.00 bits per heavy atom. The van der Waals surface area contributed by atoms with Crippen molar-refractivity contribution in [3.8, 4) is 11.4 Å². The first-order valence-corrected chi connectivity index (χ1v) is 7.58. The van der Waals surface area contributed by atoms with Gasteiger partial charge in [0.15, 0.2) is 5.65 Å². The number of fused-ring (bicyclic) bond motifs is 1. The molecule has 126 valence electrons. The Labute approximate surface area is 141 Å². The highest BCUT2D eigenvalue weighted by Gasteiger charge is 2.19. The van der Waals surface area contributed by atoms with Crippen molar-refractivity contribution in [3.05, 3.63) is 53.7 Å². The Morgan fingerprint density at radius 1 is 1.32 bits per heavy atom. The van der Waals surface area contributed by atoms with Gasteiger partial charge in [-0.15, -0.1) is 0 Å². The third kappa shape index (κ3) is 2.75. The molecule has 25 heavy (non-hydrogen) atoms. The van der Waals surface area contributed by atoms with Crippen LogP contribution in [0, 0.1) is 13.8 Å². The second kappa shape index (κ2) is 5.86. The molecule has 0 radical (unpaired) electrons. The lowest BCUT2D eigenvalue weighted by molar-refractivity contribution is 0.0904. The average molecular weight is 338 g/mol. The summed E-state index contributed by atoms with van der Waals surface area (Å²) in [6, 6.07) is 5.43. The maximum Gasteiger partial charge on any atom is 0.316 e. The van der Waals surface area contributed by atoms with E-state index in [1.165, 1.54) is 6.26 Å². The van der Waals surface area contributed by atoms with Crippen LogP contribution < -0.4 is 5.32 Å². The lowest BCUT2D eigenvalue weighted by Crippen LogP contribution is -2.22. The van der Waals surface area contributed by atoms with Gasteiger partial charge < -0.3 is 14.3 Å². The van der Waals surface area contributed by atoms with Gasteiger partial charge in [0.2, 0.25) is 5.82 Å². The van der Waals surface area contributed by atoms with Crippen LogP contribution in [0.3, 0.4) is 0 Å². The second-order valence-corrected chi connectivity index (χ2v) is 5.52. The highest BCUT2D eigenvalue weighted by atomic mass is 16.5. The summed E-state index contributed by atoms with van der Waals surface area (Å²) >= 11 is 0. The van der Waals surface area contributed by atoms with Crippen LogP contribution in [0.4, 0.5) is 0 Å². The van der Waals surface area contributed by atoms with E-state index in [9.17, 15) is 4.79 Å². The molecule has 4 aromatic heterocycles. The number of rotatable bonds is 4. The predicted molar refractivity (Wildman–Crippen MR) is 85.6 cm³/mol. The molecule has 0 aromatic carbocycles. The monoisotopic (exact) mass is 338 g/mol. The molecule has 1 N–H and O–H groups in total. The summed E-state index contributed by atoms with van der Waals surface area (Å²) in [7, 11) is 0. The molecule has 0 unspecified atom stereocenters. The van der Waals surface area contributed by atoms with E-state index in [4.69, 9.17) is 8.94 Å². The van der Waals surface area contributed by atoms with Gasteiger partial charge in [0.25, 0.3) is 0 Å². The minimum Gasteiger partial charge on any atom is -0.467 e. The fourth-order valence-corrected chi connectivity index (χ4v) is 2.51. The SMILES string of the molecule is Cc1cc(C)n2ncc(-c3noc(C(=O)NCc4ccco4)n3)c2n1. The fourth-order valence-electron chi connectivity index (χ4n) is 2.51. The van der Waals surface area contributed by atoms with E-state index in [1.807, 2.05) is 19.9 Å². The summed E-state index contributed by atoms with van der Waals surface area (Å²) in [6.07, 6.45) is 3.14. The van der Waals surface area contributed by atoms with Gasteiger partial charge in [-0.3, -0.25) is 4.79 Å². The molecule has 0 saturated carbocycles. The van der Waals surface area contributed by atoms with Crippen LogP contribution in [0.5, 0.6) is 0 Å². The lowest BCUT2D eigenvalue weighted by atomic mass is 10.3. The maximum absolute atomic E-state index is 12.1. The number of carbonyl (C=O) groups excluding carboxylic acids is 1. The molecule has 9 heteroatoms. The van der Waals surface area contributed by atoms with E-state index in [1.54, 1.807) is 22.8 Å². The molecule has 0 fully saturated rings. The van der Waals surface area contributed by atoms with Gasteiger partial charge in [-0.05, 0) is 32.0 Å². The molecule has 0 atom stereocenters. The summed E-state index contributed by atoms with van der Waals surface area (Å²) in [5.74, 6) is 0.277. The Balaban J connectivity index is 1.60. The number of hydrogen-bond acceptors (Lipinski definition) is 7. The number of amides is 1. The normalized spacial score (nSPS) is 11.1. The highest BCUT2D eigenvalue weighted by Crippen LogP contribution is 2.21. The fraction of sp³-hybridized carbons (Fsp3) is 0.188. The molecule has 0 bridgehead atoms. The van der Waals surface area contributed by atoms with Crippen LogP contribution in [-0.4, -0.2) is 30.6 Å². The Bertz CT molecular complexity index is 1050. The summed E-state index contributed by atoms with van der Waals surface area (Å²) in [4.78, 5) is 20.7. The number of carbonyl (C=O) groups is 1. The predicted octanol–water partition coefficient (Wildman–Crippen LogP) is 1.92. The molecular weight excluding hydrogens is 324 g/mol. The van der Waals surface area contributed by atoms with Gasteiger partial charge in [-0.2, -0.15) is 10.1 Å². The van der Waals surface area contributed by atoms with E-state index >= 15 is 0 Å². The molecule has 0 aliphatic rings. The third-order valence-corrected chi connectivity index (χ3v) is 3.64. The van der Waals surface area contributed by atoms with Crippen molar-refractivity contribution in [2.45, 2.75) is 20.4 Å². The van der Waals surface area contributed by atoms with Crippen LogP contribution in [0.2, 0.25) is 0 Å². The standard InChI is InChI=1S/C16H14N6O3/c1-9-6-10(2)22-14(19-9)12(8-18-22)13-20-16(25-21-13)15(23)17-7-11-4-3-5-24-11/h3-6,8H,7H2,1-2H3,(H,17,23). The largest absolute Gasteiger partial charge is 0.467 e. The van der Waals surface area contributed by atoms with Crippen LogP contribution in [0.25, 0.3) is 17.0 Å². The second-order valence-electron chi connectivity index (χ2n) is 5.52. The average Bonchev–Trinajstić information content (AvgIpc) is 3.32. The zero-order chi connectivity index (χ0) is 17.4. The number of furan rings is 1. The van der Waals surface area contributed by atoms with Gasteiger partial charge in [-0.25, -0.2) is 9.50 Å². The van der Waals surface area contributed by atoms with E-state index in [0.717, 1.165) is 11.4 Å². The van der Waals surface area contributed by atoms with Crippen molar-refractivity contribution in [1.29, 1.82) is 0 Å². The van der Waals surface area contributed by atoms with Gasteiger partial charge in [0.1, 0.15) is 5.76 Å². The molecule has 0 aliphatic carbocycles. The summed E-state index contributed by atoms with van der Waals surface area (Å²) in [5.41, 5.74) is 3.00. The summed E-state index contributed by atoms with van der Waals surface area (Å²) < 4.78 is 11.9. The molecule has 4 rings (SSSR count). The smallest absolute Gasteiger partial charge is 0.316 e. The van der Waals surface area contributed by atoms with Crippen LogP contribution in [0.15, 0.2) is 39.6 Å². The van der Waals surface area contributed by atoms with Gasteiger partial charge in [0.05, 0.1) is 24.6 Å². The molecule has 0 spiro atoms. The molecule has 4 aromatic rings. The highest BCUT2D eigenvalue weighted by molar-refractivity contribution is 5.90. The molecule has 1 amide bonds. The van der Waals surface area contributed by atoms with E-state index in [0.29, 0.717) is 17.0 Å². The van der Waals surface area contributed by atoms with E-state index < -0.39 is 5.91 Å². The number of hydrogen-bond donors (Lipinski definition) is 1. The zero-order valence-corrected chi connectivity index (χ0v) is 13.6. The van der Waals surface area contributed by atoms with Crippen molar-refractivity contribution < 1.29 is 13.7 Å². The Morgan fingerprint density at radius 2 is 2.20 bits per heavy atom. The summed E-state index contributed by atoms with van der Waals surface area (Å²) in [5, 5.41) is 10.8. The number of nitrogens with zero attached hydrogens (tertiary/aromatic N) is 5. The van der Waals surface area contributed by atoms with E-state index in [-0.39, 0.29) is 18.3 Å². The summed E-state index contributed by atoms with van der Waals surface area (Å²) in [6.45, 7) is 4.07. The minimum atomic E-state index is -0.480. The van der Waals surface area contributed by atoms with Crippen LogP contribution >= 0.6 is 0 Å². The minimum absolute atomic E-state index is 0.134. The number of aromatic nitrogens is 5. The first-order chi connectivity index (χ1) is 12.1. The molecular formula is C16H14N6O3. The number of nitrogens with one attached hydrogen (secondary N) is 1. The molecule has 9 nitrogen and oxygen atoms in total. The van der Waals surface area contributed by atoms with Crippen molar-refractivity contribution in [2.24, 2.45) is 0 Å². The number of aryl methyl sites for hydroxylation is 2. The Kier molecular flexibility index (Phi) is 3.53. The Hall–Kier alpha value is -3.49. The third-order valence-electron chi connectivity index (χ3n) is 3.64. The first kappa shape index (κ1) is 15.1. The van der Waals surface area contributed by atoms with Crippen LogP contribution in [0.1, 0.15) is 27.8 Å². The molecule has 0 aliphatic heterocycles. The van der Waals surface area contributed by atoms with Crippen molar-refractivity contribution in [2.75, 3.05) is 0 Å². The zero-order valence-electron chi connectivity index (χ0n) is 13.6. The topological polar surface area (TPSA) is 111 Å². The molecule has 4 heterocycles. The van der Waals surface area contributed by atoms with Crippen molar-refractivity contribution >= 4 is 11.6 Å². The van der Waals surface area contributed by atoms with Crippen LogP contribution in [-0.2, 0) is 6.54 Å². The quantitative estimate of drug-likeness (QED) is 0.605. The van der Waals surface area contributed by atoms with Gasteiger partial charge >= 0.3 is 11.8 Å². The van der Waals surface area contributed by atoms with Gasteiger partial charge in [0, 0.05) is 11.4 Å². The van der Waals surface area contributed by atoms with Gasteiger partial charge in [-0.1, -0.05) is 5.16 Å². The lowest BCUT2D eigenvalue weighted by Gasteiger charge is -2.00.